The zero-order chi connectivity index (χ0) is 21.6. The molecule has 10 nitrogen and oxygen atoms in total. The van der Waals surface area contributed by atoms with Gasteiger partial charge in [0.1, 0.15) is 5.82 Å². The molecule has 0 bridgehead atoms. The van der Waals surface area contributed by atoms with E-state index in [4.69, 9.17) is 10.5 Å². The van der Waals surface area contributed by atoms with Crippen LogP contribution in [-0.4, -0.2) is 41.5 Å². The molecule has 2 aromatic rings. The highest BCUT2D eigenvalue weighted by Gasteiger charge is 2.25. The molecule has 0 aliphatic carbocycles. The van der Waals surface area contributed by atoms with E-state index in [0.717, 1.165) is 11.8 Å². The highest BCUT2D eigenvalue weighted by atomic mass is 32.2. The van der Waals surface area contributed by atoms with Crippen LogP contribution in [0.15, 0.2) is 39.0 Å². The molecule has 0 radical (unpaired) electrons. The van der Waals surface area contributed by atoms with Crippen molar-refractivity contribution in [3.05, 3.63) is 50.4 Å². The lowest BCUT2D eigenvalue weighted by Crippen LogP contribution is -2.43. The number of methoxy groups -OCH3 is 1. The lowest BCUT2D eigenvalue weighted by Gasteiger charge is -2.24. The van der Waals surface area contributed by atoms with E-state index in [1.807, 2.05) is 13.8 Å². The fourth-order valence-corrected chi connectivity index (χ4v) is 3.46. The van der Waals surface area contributed by atoms with Crippen molar-refractivity contribution in [2.24, 2.45) is 5.92 Å². The van der Waals surface area contributed by atoms with Crippen molar-refractivity contribution in [1.29, 1.82) is 0 Å². The topological polar surface area (TPSA) is 137 Å². The van der Waals surface area contributed by atoms with Gasteiger partial charge in [0.15, 0.2) is 11.9 Å². The molecule has 0 aliphatic heterocycles. The van der Waals surface area contributed by atoms with Gasteiger partial charge < -0.3 is 20.6 Å². The molecular formula is C18H25N5O5S. The number of anilines is 2. The minimum Gasteiger partial charge on any atom is -0.618 e. The van der Waals surface area contributed by atoms with Crippen LogP contribution < -0.4 is 26.6 Å². The van der Waals surface area contributed by atoms with Crippen LogP contribution >= 0.6 is 11.8 Å². The van der Waals surface area contributed by atoms with Crippen molar-refractivity contribution in [3.63, 3.8) is 0 Å². The fraction of sp³-hybridized carbons (Fsp3) is 0.444. The van der Waals surface area contributed by atoms with Gasteiger partial charge in [-0.2, -0.15) is 4.73 Å². The number of pyridine rings is 1. The Hall–Kier alpha value is -2.79. The monoisotopic (exact) mass is 423 g/mol. The summed E-state index contributed by atoms with van der Waals surface area (Å²) >= 11 is 1.04. The van der Waals surface area contributed by atoms with Crippen LogP contribution in [0.5, 0.6) is 0 Å². The van der Waals surface area contributed by atoms with Gasteiger partial charge in [-0.3, -0.25) is 19.1 Å². The van der Waals surface area contributed by atoms with Gasteiger partial charge >= 0.3 is 5.69 Å². The second-order valence-electron chi connectivity index (χ2n) is 6.69. The highest BCUT2D eigenvalue weighted by Crippen LogP contribution is 2.20. The number of carbonyl (C=O) groups excluding carboxylic acids is 1. The summed E-state index contributed by atoms with van der Waals surface area (Å²) in [4.78, 5) is 41.0. The molecule has 2 heterocycles. The predicted octanol–water partition coefficient (Wildman–Crippen LogP) is 0.180. The summed E-state index contributed by atoms with van der Waals surface area (Å²) < 4.78 is 6.94. The Morgan fingerprint density at radius 2 is 2.14 bits per heavy atom. The normalized spacial score (nSPS) is 11.0. The summed E-state index contributed by atoms with van der Waals surface area (Å²) in [6.07, 6.45) is 1.33. The van der Waals surface area contributed by atoms with Crippen LogP contribution in [0.4, 0.5) is 11.5 Å². The smallest absolute Gasteiger partial charge is 0.330 e. The summed E-state index contributed by atoms with van der Waals surface area (Å²) in [6, 6.07) is 4.87. The maximum absolute atomic E-state index is 12.9. The molecule has 2 rings (SSSR count). The number of hydrogen-bond acceptors (Lipinski definition) is 7. The lowest BCUT2D eigenvalue weighted by molar-refractivity contribution is -0.645. The minimum atomic E-state index is -0.749. The molecule has 1 amide bonds. The Kier molecular flexibility index (Phi) is 7.85. The van der Waals surface area contributed by atoms with Crippen molar-refractivity contribution in [3.8, 4) is 0 Å². The van der Waals surface area contributed by atoms with Crippen LogP contribution in [0, 0.1) is 11.1 Å². The van der Waals surface area contributed by atoms with Gasteiger partial charge in [0.25, 0.3) is 10.6 Å². The molecule has 0 atom stereocenters. The number of hydrogen-bond donors (Lipinski definition) is 2. The standard InChI is InChI=1S/C18H25N5O5S/c1-12(2)10-22-16(19)15(17(25)20-18(22)26)21(8-9-28-3)13(24)11-29-14-6-4-5-7-23(14)27/h4-7,12H,8-11,19H2,1-3H3,(H,20,25,26). The molecular weight excluding hydrogens is 398 g/mol. The third-order valence-electron chi connectivity index (χ3n) is 3.98. The van der Waals surface area contributed by atoms with Crippen LogP contribution in [0.2, 0.25) is 0 Å². The molecule has 29 heavy (non-hydrogen) atoms. The predicted molar refractivity (Wildman–Crippen MR) is 111 cm³/mol. The molecule has 3 N–H and O–H groups in total. The zero-order valence-corrected chi connectivity index (χ0v) is 17.4. The second kappa shape index (κ2) is 10.1. The van der Waals surface area contributed by atoms with E-state index in [0.29, 0.717) is 9.76 Å². The summed E-state index contributed by atoms with van der Waals surface area (Å²) in [5.74, 6) is -0.528. The van der Waals surface area contributed by atoms with Crippen LogP contribution in [0.1, 0.15) is 13.8 Å². The van der Waals surface area contributed by atoms with Gasteiger partial charge in [-0.05, 0) is 23.7 Å². The van der Waals surface area contributed by atoms with Gasteiger partial charge in [-0.15, -0.1) is 0 Å². The van der Waals surface area contributed by atoms with E-state index in [1.165, 1.54) is 22.8 Å². The first-order valence-electron chi connectivity index (χ1n) is 8.99. The molecule has 0 aliphatic rings. The van der Waals surface area contributed by atoms with Gasteiger partial charge in [0.05, 0.1) is 12.4 Å². The molecule has 158 valence electrons. The van der Waals surface area contributed by atoms with Crippen molar-refractivity contribution in [2.75, 3.05) is 36.6 Å². The Morgan fingerprint density at radius 3 is 2.76 bits per heavy atom. The largest absolute Gasteiger partial charge is 0.618 e. The number of H-pyrrole nitrogens is 1. The van der Waals surface area contributed by atoms with E-state index in [-0.39, 0.29) is 42.9 Å². The van der Waals surface area contributed by atoms with Crippen molar-refractivity contribution < 1.29 is 14.3 Å². The zero-order valence-electron chi connectivity index (χ0n) is 16.6. The van der Waals surface area contributed by atoms with E-state index in [1.54, 1.807) is 18.2 Å². The minimum absolute atomic E-state index is 0.0647. The van der Waals surface area contributed by atoms with Crippen LogP contribution in [0.3, 0.4) is 0 Å². The Bertz CT molecular complexity index is 972. The number of nitrogens with one attached hydrogen (secondary N) is 1. The highest BCUT2D eigenvalue weighted by molar-refractivity contribution is 7.99. The number of thioether (sulfide) groups is 1. The average molecular weight is 423 g/mol. The van der Waals surface area contributed by atoms with E-state index in [2.05, 4.69) is 4.98 Å². The molecule has 0 saturated carbocycles. The van der Waals surface area contributed by atoms with Crippen LogP contribution in [-0.2, 0) is 16.1 Å². The van der Waals surface area contributed by atoms with E-state index < -0.39 is 17.2 Å². The third-order valence-corrected chi connectivity index (χ3v) is 4.99. The Morgan fingerprint density at radius 1 is 1.41 bits per heavy atom. The Labute approximate surface area is 171 Å². The van der Waals surface area contributed by atoms with E-state index in [9.17, 15) is 19.6 Å². The maximum Gasteiger partial charge on any atom is 0.330 e. The first-order valence-corrected chi connectivity index (χ1v) is 9.97. The third kappa shape index (κ3) is 5.61. The van der Waals surface area contributed by atoms with Gasteiger partial charge in [0.2, 0.25) is 5.91 Å². The first kappa shape index (κ1) is 22.5. The Balaban J connectivity index is 2.38. The summed E-state index contributed by atoms with van der Waals surface area (Å²) in [5.41, 5.74) is 4.64. The molecule has 0 spiro atoms. The van der Waals surface area contributed by atoms with Crippen molar-refractivity contribution in [2.45, 2.75) is 25.4 Å². The number of aromatic amines is 1. The first-order chi connectivity index (χ1) is 13.8. The number of carbonyl (C=O) groups is 1. The van der Waals surface area contributed by atoms with Gasteiger partial charge in [0, 0.05) is 32.3 Å². The quantitative estimate of drug-likeness (QED) is 0.333. The lowest BCUT2D eigenvalue weighted by atomic mass is 10.2. The SMILES string of the molecule is COCCN(C(=O)CSc1cccc[n+]1[O-])c1c(N)n(CC(C)C)c(=O)[nH]c1=O. The van der Waals surface area contributed by atoms with Crippen molar-refractivity contribution >= 4 is 29.2 Å². The molecule has 0 saturated heterocycles. The molecule has 0 unspecified atom stereocenters. The number of ether oxygens (including phenoxy) is 1. The number of nitrogens with two attached hydrogens (primary N) is 1. The van der Waals surface area contributed by atoms with Crippen molar-refractivity contribution in [1.82, 2.24) is 9.55 Å². The number of rotatable bonds is 9. The number of aromatic nitrogens is 3. The van der Waals surface area contributed by atoms with Gasteiger partial charge in [-0.25, -0.2) is 4.79 Å². The summed E-state index contributed by atoms with van der Waals surface area (Å²) in [6.45, 7) is 4.31. The average Bonchev–Trinajstić information content (AvgIpc) is 2.66. The molecule has 2 aromatic heterocycles. The molecule has 0 fully saturated rings. The van der Waals surface area contributed by atoms with E-state index >= 15 is 0 Å². The second-order valence-corrected chi connectivity index (χ2v) is 7.68. The summed E-state index contributed by atoms with van der Waals surface area (Å²) in [5, 5.41) is 12.1. The maximum atomic E-state index is 12.9. The summed E-state index contributed by atoms with van der Waals surface area (Å²) in [7, 11) is 1.47. The van der Waals surface area contributed by atoms with Gasteiger partial charge in [-0.1, -0.05) is 13.8 Å². The fourth-order valence-electron chi connectivity index (χ4n) is 2.67. The van der Waals surface area contributed by atoms with Crippen LogP contribution in [0.25, 0.3) is 0 Å². The molecule has 11 heteroatoms. The number of amides is 1. The number of nitrogen functional groups attached to an aromatic ring is 1. The molecule has 0 aromatic carbocycles. The number of nitrogens with zero attached hydrogens (tertiary/aromatic N) is 3.